The van der Waals surface area contributed by atoms with E-state index in [1.54, 1.807) is 41.5 Å². The molecule has 33 heavy (non-hydrogen) atoms. The molecule has 1 aromatic heterocycles. The Hall–Kier alpha value is -2.92. The molecular weight excluding hydrogens is 448 g/mol. The lowest BCUT2D eigenvalue weighted by molar-refractivity contribution is -0.119. The third-order valence-electron chi connectivity index (χ3n) is 4.84. The Balaban J connectivity index is 2.61. The number of nitrogens with one attached hydrogen (secondary N) is 2. The first-order valence-electron chi connectivity index (χ1n) is 10.7. The minimum Gasteiger partial charge on any atom is -0.476 e. The molecule has 182 valence electrons. The molecule has 1 aromatic carbocycles. The van der Waals surface area contributed by atoms with Crippen LogP contribution in [0.25, 0.3) is 0 Å². The summed E-state index contributed by atoms with van der Waals surface area (Å²) in [6.45, 7) is 12.4. The van der Waals surface area contributed by atoms with Gasteiger partial charge in [-0.2, -0.15) is 5.10 Å². The van der Waals surface area contributed by atoms with E-state index in [-0.39, 0.29) is 39.6 Å². The molecule has 10 nitrogen and oxygen atoms in total. The largest absolute Gasteiger partial charge is 0.476 e. The van der Waals surface area contributed by atoms with Gasteiger partial charge >= 0.3 is 5.97 Å². The van der Waals surface area contributed by atoms with Crippen molar-refractivity contribution in [1.29, 1.82) is 0 Å². The summed E-state index contributed by atoms with van der Waals surface area (Å²) in [5.41, 5.74) is -0.384. The van der Waals surface area contributed by atoms with Crippen LogP contribution in [-0.2, 0) is 21.4 Å². The third kappa shape index (κ3) is 6.32. The van der Waals surface area contributed by atoms with E-state index in [4.69, 9.17) is 4.74 Å². The van der Waals surface area contributed by atoms with Crippen LogP contribution < -0.4 is 14.8 Å². The van der Waals surface area contributed by atoms with Gasteiger partial charge in [0.2, 0.25) is 21.8 Å². The van der Waals surface area contributed by atoms with Gasteiger partial charge in [0.15, 0.2) is 5.69 Å². The minimum absolute atomic E-state index is 0.0251. The number of nitrogens with zero attached hydrogens (tertiary/aromatic N) is 2. The molecule has 2 rings (SSSR count). The Labute approximate surface area is 194 Å². The van der Waals surface area contributed by atoms with Crippen LogP contribution in [0.5, 0.6) is 11.6 Å². The predicted octanol–water partition coefficient (Wildman–Crippen LogP) is 3.76. The van der Waals surface area contributed by atoms with Crippen LogP contribution in [0.15, 0.2) is 23.1 Å². The van der Waals surface area contributed by atoms with Crippen LogP contribution in [0.1, 0.15) is 64.0 Å². The molecule has 0 aliphatic heterocycles. The average molecular weight is 481 g/mol. The fourth-order valence-corrected chi connectivity index (χ4v) is 4.55. The number of carbonyl (C=O) groups is 2. The van der Waals surface area contributed by atoms with Gasteiger partial charge in [-0.25, -0.2) is 22.6 Å². The van der Waals surface area contributed by atoms with E-state index in [2.05, 4.69) is 15.1 Å². The van der Waals surface area contributed by atoms with Crippen LogP contribution in [0.4, 0.5) is 5.69 Å². The first kappa shape index (κ1) is 26.3. The summed E-state index contributed by atoms with van der Waals surface area (Å²) in [5.74, 6) is -1.59. The lowest BCUT2D eigenvalue weighted by Crippen LogP contribution is -2.40. The van der Waals surface area contributed by atoms with E-state index in [0.29, 0.717) is 18.7 Å². The summed E-state index contributed by atoms with van der Waals surface area (Å²) < 4.78 is 36.3. The third-order valence-corrected chi connectivity index (χ3v) is 6.62. The van der Waals surface area contributed by atoms with Crippen LogP contribution in [0.2, 0.25) is 0 Å². The van der Waals surface area contributed by atoms with Gasteiger partial charge in [-0.15, -0.1) is 0 Å². The molecular formula is C22H32N4O6S. The molecule has 0 unspecified atom stereocenters. The number of carbonyl (C=O) groups excluding carboxylic acids is 1. The Morgan fingerprint density at radius 1 is 1.24 bits per heavy atom. The zero-order valence-corrected chi connectivity index (χ0v) is 20.8. The summed E-state index contributed by atoms with van der Waals surface area (Å²) in [5, 5.41) is 16.1. The van der Waals surface area contributed by atoms with Crippen molar-refractivity contribution in [2.24, 2.45) is 5.92 Å². The van der Waals surface area contributed by atoms with Crippen molar-refractivity contribution in [3.05, 3.63) is 29.5 Å². The van der Waals surface area contributed by atoms with E-state index in [1.807, 2.05) is 6.92 Å². The SMILES string of the molecule is CC[C@H](C)C(=O)Nc1ccc(Oc2c(C)c(C(=O)O)nn2CC)c(S(=O)(=O)NC(C)(C)C)c1. The fraction of sp³-hybridized carbons (Fsp3) is 0.500. The van der Waals surface area contributed by atoms with Crippen LogP contribution in [-0.4, -0.2) is 40.7 Å². The van der Waals surface area contributed by atoms with Crippen molar-refractivity contribution in [3.8, 4) is 11.6 Å². The zero-order valence-electron chi connectivity index (χ0n) is 20.0. The molecule has 0 fully saturated rings. The quantitative estimate of drug-likeness (QED) is 0.496. The normalized spacial score (nSPS) is 12.9. The summed E-state index contributed by atoms with van der Waals surface area (Å²) in [7, 11) is -4.07. The number of hydrogen-bond acceptors (Lipinski definition) is 6. The molecule has 1 atom stereocenters. The van der Waals surface area contributed by atoms with Gasteiger partial charge in [0.25, 0.3) is 0 Å². The maximum absolute atomic E-state index is 13.2. The van der Waals surface area contributed by atoms with Crippen LogP contribution in [0, 0.1) is 12.8 Å². The number of aromatic carboxylic acids is 1. The van der Waals surface area contributed by atoms with Gasteiger partial charge in [-0.3, -0.25) is 4.79 Å². The first-order chi connectivity index (χ1) is 15.2. The van der Waals surface area contributed by atoms with Crippen LogP contribution in [0.3, 0.4) is 0 Å². The Morgan fingerprint density at radius 2 is 1.88 bits per heavy atom. The van der Waals surface area contributed by atoms with E-state index in [1.165, 1.54) is 22.9 Å². The lowest BCUT2D eigenvalue weighted by Gasteiger charge is -2.22. The highest BCUT2D eigenvalue weighted by molar-refractivity contribution is 7.89. The molecule has 0 radical (unpaired) electrons. The molecule has 0 spiro atoms. The van der Waals surface area contributed by atoms with Crippen molar-refractivity contribution in [3.63, 3.8) is 0 Å². The number of ether oxygens (including phenoxy) is 1. The number of amides is 1. The highest BCUT2D eigenvalue weighted by Crippen LogP contribution is 2.34. The predicted molar refractivity (Wildman–Crippen MR) is 124 cm³/mol. The highest BCUT2D eigenvalue weighted by Gasteiger charge is 2.28. The van der Waals surface area contributed by atoms with Crippen molar-refractivity contribution >= 4 is 27.6 Å². The molecule has 0 saturated carbocycles. The number of anilines is 1. The van der Waals surface area contributed by atoms with E-state index in [9.17, 15) is 23.1 Å². The highest BCUT2D eigenvalue weighted by atomic mass is 32.2. The van der Waals surface area contributed by atoms with E-state index >= 15 is 0 Å². The summed E-state index contributed by atoms with van der Waals surface area (Å²) in [6, 6.07) is 4.28. The molecule has 11 heteroatoms. The zero-order chi connectivity index (χ0) is 25.1. The summed E-state index contributed by atoms with van der Waals surface area (Å²) in [6.07, 6.45) is 0.635. The second kappa shape index (κ2) is 9.92. The fourth-order valence-electron chi connectivity index (χ4n) is 2.98. The Bertz CT molecular complexity index is 1150. The topological polar surface area (TPSA) is 140 Å². The number of rotatable bonds is 9. The van der Waals surface area contributed by atoms with Gasteiger partial charge < -0.3 is 15.2 Å². The molecule has 1 heterocycles. The molecule has 0 aliphatic rings. The van der Waals surface area contributed by atoms with Gasteiger partial charge in [0.1, 0.15) is 10.6 Å². The second-order valence-electron chi connectivity index (χ2n) is 8.82. The lowest BCUT2D eigenvalue weighted by atomic mass is 10.1. The monoisotopic (exact) mass is 480 g/mol. The number of aryl methyl sites for hydroxylation is 1. The summed E-state index contributed by atoms with van der Waals surface area (Å²) >= 11 is 0. The van der Waals surface area contributed by atoms with Gasteiger partial charge in [-0.05, 0) is 59.2 Å². The van der Waals surface area contributed by atoms with E-state index < -0.39 is 21.5 Å². The van der Waals surface area contributed by atoms with Crippen molar-refractivity contribution in [1.82, 2.24) is 14.5 Å². The van der Waals surface area contributed by atoms with E-state index in [0.717, 1.165) is 0 Å². The van der Waals surface area contributed by atoms with Crippen LogP contribution >= 0.6 is 0 Å². The summed E-state index contributed by atoms with van der Waals surface area (Å²) in [4.78, 5) is 23.6. The average Bonchev–Trinajstić information content (AvgIpc) is 3.02. The molecule has 0 bridgehead atoms. The van der Waals surface area contributed by atoms with Crippen molar-refractivity contribution in [2.45, 2.75) is 71.9 Å². The standard InChI is InChI=1S/C22H32N4O6S/c1-8-13(3)19(27)23-15-10-11-16(17(12-15)33(30,31)25-22(5,6)7)32-20-14(4)18(21(28)29)24-26(20)9-2/h10-13,25H,8-9H2,1-7H3,(H,23,27)(H,28,29)/t13-/m0/s1. The molecule has 0 aliphatic carbocycles. The van der Waals surface area contributed by atoms with Crippen molar-refractivity contribution in [2.75, 3.05) is 5.32 Å². The Kier molecular flexibility index (Phi) is 7.91. The Morgan fingerprint density at radius 3 is 2.39 bits per heavy atom. The number of benzene rings is 1. The maximum Gasteiger partial charge on any atom is 0.356 e. The first-order valence-corrected chi connectivity index (χ1v) is 12.2. The van der Waals surface area contributed by atoms with Gasteiger partial charge in [-0.1, -0.05) is 13.8 Å². The number of aromatic nitrogens is 2. The smallest absolute Gasteiger partial charge is 0.356 e. The number of carboxylic acid groups (broad SMARTS) is 1. The molecule has 2 aromatic rings. The molecule has 3 N–H and O–H groups in total. The minimum atomic E-state index is -4.07. The van der Waals surface area contributed by atoms with Gasteiger partial charge in [0, 0.05) is 29.3 Å². The number of carboxylic acids is 1. The second-order valence-corrected chi connectivity index (χ2v) is 10.5. The van der Waals surface area contributed by atoms with Gasteiger partial charge in [0.05, 0.1) is 0 Å². The van der Waals surface area contributed by atoms with Crippen molar-refractivity contribution < 1.29 is 27.9 Å². The molecule has 1 amide bonds. The number of hydrogen-bond donors (Lipinski definition) is 3. The maximum atomic E-state index is 13.2. The number of sulfonamides is 1. The molecule has 0 saturated heterocycles.